The summed E-state index contributed by atoms with van der Waals surface area (Å²) in [6, 6.07) is 6.21. The smallest absolute Gasteiger partial charge is 0.127 e. The number of phenols is 1. The third-order valence-electron chi connectivity index (χ3n) is 3.49. The number of aliphatic imine (C=N–C) groups is 1. The number of rotatable bonds is 2. The summed E-state index contributed by atoms with van der Waals surface area (Å²) < 4.78 is 0. The Balaban J connectivity index is 2.14. The van der Waals surface area contributed by atoms with Gasteiger partial charge in [-0.2, -0.15) is 0 Å². The monoisotopic (exact) mass is 217 g/mol. The number of hydrogen-bond acceptors (Lipinski definition) is 2. The first-order valence-electron chi connectivity index (χ1n) is 6.00. The lowest BCUT2D eigenvalue weighted by Gasteiger charge is -2.09. The molecule has 0 amide bonds. The fourth-order valence-electron chi connectivity index (χ4n) is 2.31. The van der Waals surface area contributed by atoms with Gasteiger partial charge in [-0.15, -0.1) is 0 Å². The molecule has 1 fully saturated rings. The Morgan fingerprint density at radius 1 is 1.38 bits per heavy atom. The van der Waals surface area contributed by atoms with Gasteiger partial charge in [-0.1, -0.05) is 25.5 Å². The number of para-hydroxylation sites is 1. The van der Waals surface area contributed by atoms with Gasteiger partial charge in [0.15, 0.2) is 0 Å². The summed E-state index contributed by atoms with van der Waals surface area (Å²) in [5.41, 5.74) is 1.74. The van der Waals surface area contributed by atoms with Crippen molar-refractivity contribution in [1.29, 1.82) is 0 Å². The summed E-state index contributed by atoms with van der Waals surface area (Å²) in [5, 5.41) is 9.85. The van der Waals surface area contributed by atoms with Crippen LogP contribution >= 0.6 is 0 Å². The number of aromatic hydroxyl groups is 1. The zero-order valence-corrected chi connectivity index (χ0v) is 9.98. The minimum atomic E-state index is 0.358. The van der Waals surface area contributed by atoms with Gasteiger partial charge >= 0.3 is 0 Å². The molecule has 1 saturated carbocycles. The number of nitrogens with zero attached hydrogens (tertiary/aromatic N) is 1. The topological polar surface area (TPSA) is 32.6 Å². The maximum atomic E-state index is 9.85. The number of aryl methyl sites for hydroxylation is 1. The molecule has 2 rings (SSSR count). The molecule has 1 aromatic carbocycles. The van der Waals surface area contributed by atoms with Gasteiger partial charge in [0, 0.05) is 11.8 Å². The molecule has 0 aromatic heterocycles. The highest BCUT2D eigenvalue weighted by Gasteiger charge is 2.21. The van der Waals surface area contributed by atoms with Crippen LogP contribution in [0.1, 0.15) is 37.3 Å². The van der Waals surface area contributed by atoms with E-state index in [1.807, 2.05) is 31.3 Å². The van der Waals surface area contributed by atoms with Crippen molar-refractivity contribution < 1.29 is 5.11 Å². The van der Waals surface area contributed by atoms with Crippen LogP contribution in [0.4, 0.5) is 0 Å². The summed E-state index contributed by atoms with van der Waals surface area (Å²) in [7, 11) is 0. The Morgan fingerprint density at radius 2 is 2.19 bits per heavy atom. The Morgan fingerprint density at radius 3 is 2.88 bits per heavy atom. The fourth-order valence-corrected chi connectivity index (χ4v) is 2.31. The van der Waals surface area contributed by atoms with E-state index in [2.05, 4.69) is 11.9 Å². The van der Waals surface area contributed by atoms with Crippen molar-refractivity contribution in [2.24, 2.45) is 10.9 Å². The van der Waals surface area contributed by atoms with E-state index < -0.39 is 0 Å². The second kappa shape index (κ2) is 4.69. The van der Waals surface area contributed by atoms with Gasteiger partial charge in [0.25, 0.3) is 0 Å². The molecule has 2 unspecified atom stereocenters. The van der Waals surface area contributed by atoms with Gasteiger partial charge < -0.3 is 5.11 Å². The Bertz CT molecular complexity index is 398. The van der Waals surface area contributed by atoms with Crippen molar-refractivity contribution in [3.05, 3.63) is 29.3 Å². The molecule has 1 N–H and O–H groups in total. The molecule has 86 valence electrons. The first-order valence-corrected chi connectivity index (χ1v) is 6.00. The molecule has 0 saturated heterocycles. The normalized spacial score (nSPS) is 25.4. The third kappa shape index (κ3) is 2.26. The van der Waals surface area contributed by atoms with E-state index in [9.17, 15) is 5.11 Å². The number of benzene rings is 1. The highest BCUT2D eigenvalue weighted by molar-refractivity contribution is 5.84. The Kier molecular flexibility index (Phi) is 3.28. The standard InChI is InChI=1S/C14H19NO/c1-10-5-4-8-13(10)15-9-12-7-3-6-11(2)14(12)16/h3,6-7,9-10,13,16H,4-5,8H2,1-2H3. The van der Waals surface area contributed by atoms with Gasteiger partial charge in [-0.05, 0) is 37.3 Å². The van der Waals surface area contributed by atoms with E-state index in [-0.39, 0.29) is 0 Å². The second-order valence-electron chi connectivity index (χ2n) is 4.77. The van der Waals surface area contributed by atoms with Crippen molar-refractivity contribution >= 4 is 6.21 Å². The zero-order chi connectivity index (χ0) is 11.5. The van der Waals surface area contributed by atoms with Crippen LogP contribution in [0, 0.1) is 12.8 Å². The number of hydrogen-bond donors (Lipinski definition) is 1. The van der Waals surface area contributed by atoms with E-state index in [1.165, 1.54) is 19.3 Å². The van der Waals surface area contributed by atoms with Crippen LogP contribution in [0.25, 0.3) is 0 Å². The van der Waals surface area contributed by atoms with Crippen LogP contribution in [-0.2, 0) is 0 Å². The van der Waals surface area contributed by atoms with Gasteiger partial charge in [0.2, 0.25) is 0 Å². The largest absolute Gasteiger partial charge is 0.507 e. The summed E-state index contributed by atoms with van der Waals surface area (Å²) >= 11 is 0. The average Bonchev–Trinajstić information content (AvgIpc) is 2.67. The molecule has 0 heterocycles. The third-order valence-corrected chi connectivity index (χ3v) is 3.49. The zero-order valence-electron chi connectivity index (χ0n) is 9.98. The molecule has 0 bridgehead atoms. The van der Waals surface area contributed by atoms with Crippen LogP contribution in [0.5, 0.6) is 5.75 Å². The minimum absolute atomic E-state index is 0.358. The van der Waals surface area contributed by atoms with Crippen molar-refractivity contribution in [3.63, 3.8) is 0 Å². The van der Waals surface area contributed by atoms with Gasteiger partial charge in [-0.25, -0.2) is 0 Å². The number of phenolic OH excluding ortho intramolecular Hbond substituents is 1. The van der Waals surface area contributed by atoms with Crippen LogP contribution < -0.4 is 0 Å². The van der Waals surface area contributed by atoms with Crippen molar-refractivity contribution in [2.75, 3.05) is 0 Å². The predicted molar refractivity (Wildman–Crippen MR) is 67.2 cm³/mol. The molecule has 1 aromatic rings. The van der Waals surface area contributed by atoms with Crippen molar-refractivity contribution in [1.82, 2.24) is 0 Å². The fraction of sp³-hybridized carbons (Fsp3) is 0.500. The SMILES string of the molecule is Cc1cccc(C=NC2CCCC2C)c1O. The lowest BCUT2D eigenvalue weighted by atomic mass is 10.1. The minimum Gasteiger partial charge on any atom is -0.507 e. The first-order chi connectivity index (χ1) is 7.68. The molecule has 2 atom stereocenters. The lowest BCUT2D eigenvalue weighted by molar-refractivity contribution is 0.470. The highest BCUT2D eigenvalue weighted by atomic mass is 16.3. The van der Waals surface area contributed by atoms with Crippen LogP contribution in [0.3, 0.4) is 0 Å². The summed E-state index contributed by atoms with van der Waals surface area (Å²) in [4.78, 5) is 4.59. The van der Waals surface area contributed by atoms with E-state index >= 15 is 0 Å². The molecule has 2 heteroatoms. The van der Waals surface area contributed by atoms with Crippen LogP contribution in [0.15, 0.2) is 23.2 Å². The average molecular weight is 217 g/mol. The molecule has 16 heavy (non-hydrogen) atoms. The molecule has 0 spiro atoms. The van der Waals surface area contributed by atoms with E-state index in [1.54, 1.807) is 0 Å². The summed E-state index contributed by atoms with van der Waals surface area (Å²) in [6.45, 7) is 4.16. The predicted octanol–water partition coefficient (Wildman–Crippen LogP) is 3.31. The van der Waals surface area contributed by atoms with Crippen LogP contribution in [-0.4, -0.2) is 17.4 Å². The lowest BCUT2D eigenvalue weighted by Crippen LogP contribution is -2.07. The second-order valence-corrected chi connectivity index (χ2v) is 4.77. The van der Waals surface area contributed by atoms with Crippen LogP contribution in [0.2, 0.25) is 0 Å². The quantitative estimate of drug-likeness (QED) is 0.757. The van der Waals surface area contributed by atoms with Crippen molar-refractivity contribution in [2.45, 2.75) is 39.2 Å². The Labute approximate surface area is 97.0 Å². The molecule has 0 radical (unpaired) electrons. The van der Waals surface area contributed by atoms with Crippen molar-refractivity contribution in [3.8, 4) is 5.75 Å². The maximum Gasteiger partial charge on any atom is 0.127 e. The van der Waals surface area contributed by atoms with Gasteiger partial charge in [0.05, 0.1) is 6.04 Å². The highest BCUT2D eigenvalue weighted by Crippen LogP contribution is 2.28. The van der Waals surface area contributed by atoms with E-state index in [0.717, 1.165) is 11.1 Å². The summed E-state index contributed by atoms with van der Waals surface area (Å²) in [5.74, 6) is 1.04. The van der Waals surface area contributed by atoms with E-state index in [0.29, 0.717) is 17.7 Å². The Hall–Kier alpha value is -1.31. The molecule has 0 aliphatic heterocycles. The molecular weight excluding hydrogens is 198 g/mol. The van der Waals surface area contributed by atoms with Gasteiger partial charge in [0.1, 0.15) is 5.75 Å². The maximum absolute atomic E-state index is 9.85. The molecule has 2 nitrogen and oxygen atoms in total. The summed E-state index contributed by atoms with van der Waals surface area (Å²) in [6.07, 6.45) is 5.57. The van der Waals surface area contributed by atoms with Gasteiger partial charge in [-0.3, -0.25) is 4.99 Å². The first kappa shape index (κ1) is 11.2. The molecule has 1 aliphatic carbocycles. The molecule has 1 aliphatic rings. The molecular formula is C14H19NO. The van der Waals surface area contributed by atoms with E-state index in [4.69, 9.17) is 0 Å².